The van der Waals surface area contributed by atoms with Crippen molar-refractivity contribution in [1.29, 1.82) is 0 Å². The molecule has 4 rings (SSSR count). The summed E-state index contributed by atoms with van der Waals surface area (Å²) in [7, 11) is 0. The second-order valence-electron chi connectivity index (χ2n) is 6.35. The molecule has 0 atom stereocenters. The van der Waals surface area contributed by atoms with E-state index in [0.717, 1.165) is 41.6 Å². The standard InChI is InChI=1S/C18H19ClFN5/c1-2-14-15-16(21-10-11-6-8-12(20)9-7-11)22-18(19)23-17(15)25(24-14)13-4-3-5-13/h6-9,13H,2-5,10H2,1H3,(H,21,22,23). The van der Waals surface area contributed by atoms with Gasteiger partial charge in [0.1, 0.15) is 11.6 Å². The van der Waals surface area contributed by atoms with Crippen molar-refractivity contribution in [3.05, 3.63) is 46.6 Å². The van der Waals surface area contributed by atoms with Gasteiger partial charge in [0.05, 0.1) is 17.1 Å². The van der Waals surface area contributed by atoms with Crippen LogP contribution in [0.15, 0.2) is 24.3 Å². The maximum absolute atomic E-state index is 13.1. The van der Waals surface area contributed by atoms with Crippen LogP contribution in [0.25, 0.3) is 11.0 Å². The van der Waals surface area contributed by atoms with Crippen molar-refractivity contribution >= 4 is 28.5 Å². The summed E-state index contributed by atoms with van der Waals surface area (Å²) in [6.07, 6.45) is 4.27. The molecule has 0 radical (unpaired) electrons. The second-order valence-corrected chi connectivity index (χ2v) is 6.69. The molecule has 2 aromatic heterocycles. The maximum Gasteiger partial charge on any atom is 0.226 e. The van der Waals surface area contributed by atoms with E-state index in [0.29, 0.717) is 18.4 Å². The Morgan fingerprint density at radius 2 is 2.00 bits per heavy atom. The highest BCUT2D eigenvalue weighted by molar-refractivity contribution is 6.28. The molecule has 1 aliphatic carbocycles. The Morgan fingerprint density at radius 1 is 1.24 bits per heavy atom. The third-order valence-electron chi connectivity index (χ3n) is 4.73. The Kier molecular flexibility index (Phi) is 4.29. The van der Waals surface area contributed by atoms with E-state index in [1.807, 2.05) is 4.68 Å². The van der Waals surface area contributed by atoms with Gasteiger partial charge in [-0.1, -0.05) is 19.1 Å². The van der Waals surface area contributed by atoms with E-state index in [1.54, 1.807) is 12.1 Å². The summed E-state index contributed by atoms with van der Waals surface area (Å²) < 4.78 is 15.1. The molecule has 0 bridgehead atoms. The number of benzene rings is 1. The highest BCUT2D eigenvalue weighted by Gasteiger charge is 2.26. The van der Waals surface area contributed by atoms with E-state index in [9.17, 15) is 4.39 Å². The van der Waals surface area contributed by atoms with E-state index in [1.165, 1.54) is 18.6 Å². The number of anilines is 1. The predicted molar refractivity (Wildman–Crippen MR) is 96.3 cm³/mol. The first-order chi connectivity index (χ1) is 12.2. The lowest BCUT2D eigenvalue weighted by Gasteiger charge is -2.25. The molecule has 25 heavy (non-hydrogen) atoms. The van der Waals surface area contributed by atoms with Crippen LogP contribution in [0.3, 0.4) is 0 Å². The Hall–Kier alpha value is -2.21. The molecular formula is C18H19ClFN5. The van der Waals surface area contributed by atoms with Crippen LogP contribution in [0.2, 0.25) is 5.28 Å². The van der Waals surface area contributed by atoms with Gasteiger partial charge in [0.15, 0.2) is 5.65 Å². The lowest BCUT2D eigenvalue weighted by Crippen LogP contribution is -2.18. The molecule has 2 heterocycles. The largest absolute Gasteiger partial charge is 0.365 e. The Labute approximate surface area is 150 Å². The van der Waals surface area contributed by atoms with Crippen molar-refractivity contribution < 1.29 is 4.39 Å². The molecule has 1 fully saturated rings. The van der Waals surface area contributed by atoms with Gasteiger partial charge in [0.2, 0.25) is 5.28 Å². The van der Waals surface area contributed by atoms with Gasteiger partial charge in [0, 0.05) is 6.54 Å². The van der Waals surface area contributed by atoms with Crippen molar-refractivity contribution in [2.45, 2.75) is 45.2 Å². The van der Waals surface area contributed by atoms with Crippen LogP contribution < -0.4 is 5.32 Å². The molecule has 1 N–H and O–H groups in total. The molecule has 0 aliphatic heterocycles. The molecular weight excluding hydrogens is 341 g/mol. The van der Waals surface area contributed by atoms with Crippen LogP contribution in [0, 0.1) is 5.82 Å². The molecule has 5 nitrogen and oxygen atoms in total. The number of fused-ring (bicyclic) bond motifs is 1. The zero-order valence-corrected chi connectivity index (χ0v) is 14.7. The molecule has 130 valence electrons. The van der Waals surface area contributed by atoms with E-state index in [4.69, 9.17) is 16.7 Å². The van der Waals surface area contributed by atoms with E-state index >= 15 is 0 Å². The fourth-order valence-corrected chi connectivity index (χ4v) is 3.30. The minimum absolute atomic E-state index is 0.206. The highest BCUT2D eigenvalue weighted by atomic mass is 35.5. The molecule has 3 aromatic rings. The number of aryl methyl sites for hydroxylation is 1. The van der Waals surface area contributed by atoms with Gasteiger partial charge < -0.3 is 5.32 Å². The minimum Gasteiger partial charge on any atom is -0.365 e. The Morgan fingerprint density at radius 3 is 2.64 bits per heavy atom. The van der Waals surface area contributed by atoms with Gasteiger partial charge in [-0.2, -0.15) is 15.1 Å². The molecule has 0 unspecified atom stereocenters. The molecule has 1 aliphatic rings. The number of nitrogens with one attached hydrogen (secondary N) is 1. The number of hydrogen-bond acceptors (Lipinski definition) is 4. The smallest absolute Gasteiger partial charge is 0.226 e. The zero-order valence-electron chi connectivity index (χ0n) is 14.0. The van der Waals surface area contributed by atoms with Gasteiger partial charge in [-0.25, -0.2) is 9.07 Å². The van der Waals surface area contributed by atoms with Gasteiger partial charge in [-0.15, -0.1) is 0 Å². The Balaban J connectivity index is 1.72. The van der Waals surface area contributed by atoms with Crippen molar-refractivity contribution in [2.24, 2.45) is 0 Å². The van der Waals surface area contributed by atoms with Crippen LogP contribution in [0.1, 0.15) is 43.5 Å². The van der Waals surface area contributed by atoms with Crippen LogP contribution in [-0.4, -0.2) is 19.7 Å². The van der Waals surface area contributed by atoms with Crippen LogP contribution in [0.4, 0.5) is 10.2 Å². The third kappa shape index (κ3) is 3.06. The van der Waals surface area contributed by atoms with Gasteiger partial charge >= 0.3 is 0 Å². The van der Waals surface area contributed by atoms with Gasteiger partial charge in [0.25, 0.3) is 0 Å². The minimum atomic E-state index is -0.244. The second kappa shape index (κ2) is 6.59. The number of rotatable bonds is 5. The first kappa shape index (κ1) is 16.3. The zero-order chi connectivity index (χ0) is 17.4. The first-order valence-corrected chi connectivity index (χ1v) is 8.96. The summed E-state index contributed by atoms with van der Waals surface area (Å²) in [5.41, 5.74) is 2.73. The molecule has 1 aromatic carbocycles. The number of nitrogens with zero attached hydrogens (tertiary/aromatic N) is 4. The summed E-state index contributed by atoms with van der Waals surface area (Å²) in [5.74, 6) is 0.438. The summed E-state index contributed by atoms with van der Waals surface area (Å²) in [6.45, 7) is 2.60. The van der Waals surface area contributed by atoms with Gasteiger partial charge in [-0.05, 0) is 55.0 Å². The van der Waals surface area contributed by atoms with Crippen molar-refractivity contribution in [1.82, 2.24) is 19.7 Å². The quantitative estimate of drug-likeness (QED) is 0.680. The van der Waals surface area contributed by atoms with Crippen LogP contribution >= 0.6 is 11.6 Å². The van der Waals surface area contributed by atoms with Gasteiger partial charge in [-0.3, -0.25) is 0 Å². The molecule has 0 spiro atoms. The molecule has 0 saturated heterocycles. The number of aromatic nitrogens is 4. The first-order valence-electron chi connectivity index (χ1n) is 8.58. The van der Waals surface area contributed by atoms with Crippen LogP contribution in [-0.2, 0) is 13.0 Å². The molecule has 0 amide bonds. The topological polar surface area (TPSA) is 55.6 Å². The lowest BCUT2D eigenvalue weighted by atomic mass is 9.93. The summed E-state index contributed by atoms with van der Waals surface area (Å²) >= 11 is 6.16. The monoisotopic (exact) mass is 359 g/mol. The fraction of sp³-hybridized carbons (Fsp3) is 0.389. The van der Waals surface area contributed by atoms with Crippen LogP contribution in [0.5, 0.6) is 0 Å². The van der Waals surface area contributed by atoms with E-state index in [-0.39, 0.29) is 11.1 Å². The van der Waals surface area contributed by atoms with Crippen molar-refractivity contribution in [2.75, 3.05) is 5.32 Å². The lowest BCUT2D eigenvalue weighted by molar-refractivity contribution is 0.294. The molecule has 7 heteroatoms. The number of hydrogen-bond donors (Lipinski definition) is 1. The Bertz CT molecular complexity index is 902. The SMILES string of the molecule is CCc1nn(C2CCC2)c2nc(Cl)nc(NCc3ccc(F)cc3)c12. The van der Waals surface area contributed by atoms with E-state index in [2.05, 4.69) is 22.2 Å². The summed E-state index contributed by atoms with van der Waals surface area (Å²) in [6, 6.07) is 6.80. The average molecular weight is 360 g/mol. The van der Waals surface area contributed by atoms with Crippen molar-refractivity contribution in [3.8, 4) is 0 Å². The number of halogens is 2. The third-order valence-corrected chi connectivity index (χ3v) is 4.89. The summed E-state index contributed by atoms with van der Waals surface area (Å²) in [5, 5.41) is 9.22. The predicted octanol–water partition coefficient (Wildman–Crippen LogP) is 4.52. The fourth-order valence-electron chi connectivity index (χ4n) is 3.13. The normalized spacial score (nSPS) is 14.7. The highest BCUT2D eigenvalue weighted by Crippen LogP contribution is 2.36. The average Bonchev–Trinajstić information content (AvgIpc) is 2.91. The maximum atomic E-state index is 13.1. The van der Waals surface area contributed by atoms with Crippen molar-refractivity contribution in [3.63, 3.8) is 0 Å². The molecule has 1 saturated carbocycles. The van der Waals surface area contributed by atoms with E-state index < -0.39 is 0 Å². The summed E-state index contributed by atoms with van der Waals surface area (Å²) in [4.78, 5) is 8.81.